The van der Waals surface area contributed by atoms with Crippen LogP contribution < -0.4 is 15.1 Å². The van der Waals surface area contributed by atoms with Gasteiger partial charge in [0.2, 0.25) is 17.7 Å². The summed E-state index contributed by atoms with van der Waals surface area (Å²) in [5.74, 6) is 1.99. The molecule has 168 valence electrons. The van der Waals surface area contributed by atoms with Gasteiger partial charge >= 0.3 is 0 Å². The smallest absolute Gasteiger partial charge is 0.276 e. The fourth-order valence-corrected chi connectivity index (χ4v) is 3.93. The van der Waals surface area contributed by atoms with Crippen LogP contribution in [-0.2, 0) is 11.3 Å². The number of carbonyl (C=O) groups is 1. The second-order valence-corrected chi connectivity index (χ2v) is 7.94. The first-order chi connectivity index (χ1) is 15.6. The van der Waals surface area contributed by atoms with E-state index in [1.165, 1.54) is 0 Å². The number of carbonyl (C=O) groups excluding carboxylic acids is 1. The lowest BCUT2D eigenvalue weighted by molar-refractivity contribution is 0.0312. The molecule has 1 amide bonds. The molecule has 0 bridgehead atoms. The Morgan fingerprint density at radius 2 is 1.78 bits per heavy atom. The summed E-state index contributed by atoms with van der Waals surface area (Å²) in [5, 5.41) is 11.8. The monoisotopic (exact) mass is 438 g/mol. The van der Waals surface area contributed by atoms with E-state index in [1.54, 1.807) is 11.9 Å². The number of benzene rings is 1. The Balaban J connectivity index is 1.57. The van der Waals surface area contributed by atoms with Gasteiger partial charge in [0.15, 0.2) is 11.5 Å². The molecule has 2 aliphatic rings. The predicted octanol–water partition coefficient (Wildman–Crippen LogP) is 0.844. The van der Waals surface area contributed by atoms with E-state index < -0.39 is 0 Å². The number of fused-ring (bicyclic) bond motifs is 1. The minimum absolute atomic E-state index is 0.164. The zero-order valence-electron chi connectivity index (χ0n) is 18.2. The number of hydrogen-bond donors (Lipinski definition) is 1. The standard InChI is InChI=1S/C21H26N8O3/c1-26-13-31-14-27(2)20(30)17-18(26)23-21(28-10-8-22-9-11-28)29(17)12-16-24-25-19(32-16)15-6-4-3-5-7-15/h3-7,22H,8-14H2,1-2H3. The average Bonchev–Trinajstić information content (AvgIpc) is 3.44. The molecule has 0 spiro atoms. The van der Waals surface area contributed by atoms with E-state index in [0.29, 0.717) is 36.0 Å². The van der Waals surface area contributed by atoms with Crippen LogP contribution >= 0.6 is 0 Å². The van der Waals surface area contributed by atoms with Crippen LogP contribution in [0.5, 0.6) is 0 Å². The van der Waals surface area contributed by atoms with Gasteiger partial charge in [-0.2, -0.15) is 4.98 Å². The predicted molar refractivity (Wildman–Crippen MR) is 117 cm³/mol. The van der Waals surface area contributed by atoms with Crippen molar-refractivity contribution >= 4 is 17.7 Å². The zero-order valence-corrected chi connectivity index (χ0v) is 18.2. The Bertz CT molecular complexity index is 1090. The molecule has 0 radical (unpaired) electrons. The summed E-state index contributed by atoms with van der Waals surface area (Å²) < 4.78 is 13.5. The Kier molecular flexibility index (Phi) is 5.50. The highest BCUT2D eigenvalue weighted by atomic mass is 16.5. The number of hydrogen-bond acceptors (Lipinski definition) is 9. The van der Waals surface area contributed by atoms with Crippen molar-refractivity contribution in [2.75, 3.05) is 63.5 Å². The number of nitrogens with zero attached hydrogens (tertiary/aromatic N) is 7. The van der Waals surface area contributed by atoms with Crippen molar-refractivity contribution in [1.29, 1.82) is 0 Å². The van der Waals surface area contributed by atoms with E-state index in [2.05, 4.69) is 20.4 Å². The molecule has 32 heavy (non-hydrogen) atoms. The van der Waals surface area contributed by atoms with Crippen LogP contribution in [0.25, 0.3) is 11.5 Å². The van der Waals surface area contributed by atoms with E-state index in [9.17, 15) is 4.79 Å². The fraction of sp³-hybridized carbons (Fsp3) is 0.429. The molecule has 0 aliphatic carbocycles. The number of nitrogens with one attached hydrogen (secondary N) is 1. The van der Waals surface area contributed by atoms with Crippen LogP contribution in [-0.4, -0.2) is 84.3 Å². The van der Waals surface area contributed by atoms with Crippen molar-refractivity contribution in [2.45, 2.75) is 6.54 Å². The molecule has 0 unspecified atom stereocenters. The summed E-state index contributed by atoms with van der Waals surface area (Å²) in [6, 6.07) is 9.62. The van der Waals surface area contributed by atoms with Gasteiger partial charge < -0.3 is 29.2 Å². The van der Waals surface area contributed by atoms with Gasteiger partial charge in [-0.05, 0) is 12.1 Å². The second kappa shape index (κ2) is 8.60. The fourth-order valence-electron chi connectivity index (χ4n) is 3.93. The Morgan fingerprint density at radius 1 is 1.03 bits per heavy atom. The van der Waals surface area contributed by atoms with Gasteiger partial charge in [-0.15, -0.1) is 10.2 Å². The summed E-state index contributed by atoms with van der Waals surface area (Å²) in [6.45, 7) is 4.07. The first kappa shape index (κ1) is 20.5. The van der Waals surface area contributed by atoms with E-state index in [4.69, 9.17) is 14.1 Å². The zero-order chi connectivity index (χ0) is 22.1. The average molecular weight is 438 g/mol. The van der Waals surface area contributed by atoms with Crippen LogP contribution in [0.1, 0.15) is 16.4 Å². The third-order valence-electron chi connectivity index (χ3n) is 5.59. The maximum atomic E-state index is 13.3. The first-order valence-electron chi connectivity index (χ1n) is 10.6. The van der Waals surface area contributed by atoms with Crippen molar-refractivity contribution in [3.05, 3.63) is 41.9 Å². The Labute approximate surface area is 185 Å². The Hall–Kier alpha value is -3.44. The highest BCUT2D eigenvalue weighted by Gasteiger charge is 2.32. The largest absolute Gasteiger partial charge is 0.419 e. The highest BCUT2D eigenvalue weighted by molar-refractivity contribution is 5.98. The van der Waals surface area contributed by atoms with Gasteiger partial charge in [-0.3, -0.25) is 9.36 Å². The molecule has 4 heterocycles. The molecule has 1 N–H and O–H groups in total. The molecule has 0 atom stereocenters. The molecular formula is C21H26N8O3. The lowest BCUT2D eigenvalue weighted by atomic mass is 10.2. The van der Waals surface area contributed by atoms with Crippen LogP contribution in [0.2, 0.25) is 0 Å². The van der Waals surface area contributed by atoms with Crippen LogP contribution in [0.4, 0.5) is 11.8 Å². The second-order valence-electron chi connectivity index (χ2n) is 7.94. The van der Waals surface area contributed by atoms with Gasteiger partial charge in [-0.1, -0.05) is 18.2 Å². The maximum Gasteiger partial charge on any atom is 0.276 e. The van der Waals surface area contributed by atoms with E-state index in [1.807, 2.05) is 46.8 Å². The van der Waals surface area contributed by atoms with Gasteiger partial charge in [0.1, 0.15) is 20.0 Å². The SMILES string of the molecule is CN1COCN(C)c2nc(N3CCNCC3)n(Cc3nnc(-c4ccccc4)o3)c2C1=O. The number of anilines is 2. The summed E-state index contributed by atoms with van der Waals surface area (Å²) in [7, 11) is 3.59. The molecule has 2 aromatic heterocycles. The van der Waals surface area contributed by atoms with Gasteiger partial charge in [0, 0.05) is 45.8 Å². The molecule has 5 rings (SSSR count). The lowest BCUT2D eigenvalue weighted by Crippen LogP contribution is -2.45. The maximum absolute atomic E-state index is 13.3. The van der Waals surface area contributed by atoms with Crippen LogP contribution in [0, 0.1) is 0 Å². The summed E-state index contributed by atoms with van der Waals surface area (Å²) in [5.41, 5.74) is 1.34. The number of piperazine rings is 1. The summed E-state index contributed by atoms with van der Waals surface area (Å²) >= 11 is 0. The highest BCUT2D eigenvalue weighted by Crippen LogP contribution is 2.30. The quantitative estimate of drug-likeness (QED) is 0.634. The Morgan fingerprint density at radius 3 is 2.56 bits per heavy atom. The molecule has 1 fully saturated rings. The van der Waals surface area contributed by atoms with Crippen molar-refractivity contribution in [1.82, 2.24) is 30.0 Å². The van der Waals surface area contributed by atoms with Crippen molar-refractivity contribution in [3.63, 3.8) is 0 Å². The molecule has 3 aromatic rings. The molecule has 0 saturated carbocycles. The van der Waals surface area contributed by atoms with Crippen molar-refractivity contribution in [3.8, 4) is 11.5 Å². The molecule has 11 nitrogen and oxygen atoms in total. The molecular weight excluding hydrogens is 412 g/mol. The van der Waals surface area contributed by atoms with Crippen molar-refractivity contribution in [2.24, 2.45) is 0 Å². The first-order valence-corrected chi connectivity index (χ1v) is 10.6. The molecule has 1 aromatic carbocycles. The lowest BCUT2D eigenvalue weighted by Gasteiger charge is -2.29. The van der Waals surface area contributed by atoms with Crippen LogP contribution in [0.15, 0.2) is 34.7 Å². The van der Waals surface area contributed by atoms with Gasteiger partial charge in [0.25, 0.3) is 5.91 Å². The van der Waals surface area contributed by atoms with E-state index in [-0.39, 0.29) is 19.2 Å². The topological polar surface area (TPSA) is 105 Å². The number of ether oxygens (including phenoxy) is 1. The molecule has 2 aliphatic heterocycles. The molecule has 11 heteroatoms. The van der Waals surface area contributed by atoms with Gasteiger partial charge in [-0.25, -0.2) is 0 Å². The van der Waals surface area contributed by atoms with E-state index in [0.717, 1.165) is 31.7 Å². The number of aromatic nitrogens is 4. The number of rotatable bonds is 4. The van der Waals surface area contributed by atoms with Crippen LogP contribution in [0.3, 0.4) is 0 Å². The van der Waals surface area contributed by atoms with E-state index >= 15 is 0 Å². The van der Waals surface area contributed by atoms with Crippen molar-refractivity contribution < 1.29 is 13.9 Å². The minimum Gasteiger partial charge on any atom is -0.419 e. The normalized spacial score (nSPS) is 17.3. The third kappa shape index (κ3) is 3.80. The minimum atomic E-state index is -0.164. The van der Waals surface area contributed by atoms with Gasteiger partial charge in [0.05, 0.1) is 0 Å². The third-order valence-corrected chi connectivity index (χ3v) is 5.59. The summed E-state index contributed by atoms with van der Waals surface area (Å²) in [6.07, 6.45) is 0. The number of imidazole rings is 1. The summed E-state index contributed by atoms with van der Waals surface area (Å²) in [4.78, 5) is 23.8. The number of amides is 1. The molecule has 1 saturated heterocycles.